The molecule has 0 radical (unpaired) electrons. The monoisotopic (exact) mass is 161 g/mol. The molecule has 64 valence electrons. The third kappa shape index (κ3) is 2.19. The summed E-state index contributed by atoms with van der Waals surface area (Å²) < 4.78 is 0. The molecule has 0 atom stereocenters. The molecule has 0 bridgehead atoms. The minimum Gasteiger partial charge on any atom is -0.261 e. The van der Waals surface area contributed by atoms with Gasteiger partial charge in [-0.25, -0.2) is 0 Å². The summed E-state index contributed by atoms with van der Waals surface area (Å²) >= 11 is 0. The number of hydrogen-bond donors (Lipinski definition) is 0. The molecule has 0 amide bonds. The number of pyridine rings is 1. The van der Waals surface area contributed by atoms with E-state index in [9.17, 15) is 0 Å². The highest BCUT2D eigenvalue weighted by Gasteiger charge is 1.96. The van der Waals surface area contributed by atoms with Gasteiger partial charge in [0, 0.05) is 11.9 Å². The molecule has 1 rings (SSSR count). The topological polar surface area (TPSA) is 12.9 Å². The van der Waals surface area contributed by atoms with Gasteiger partial charge in [0.2, 0.25) is 0 Å². The summed E-state index contributed by atoms with van der Waals surface area (Å²) in [5, 5.41) is 0. The van der Waals surface area contributed by atoms with E-state index in [2.05, 4.69) is 37.9 Å². The van der Waals surface area contributed by atoms with Crippen LogP contribution in [-0.4, -0.2) is 4.98 Å². The van der Waals surface area contributed by atoms with Crippen molar-refractivity contribution in [3.63, 3.8) is 0 Å². The highest BCUT2D eigenvalue weighted by atomic mass is 14.7. The van der Waals surface area contributed by atoms with Gasteiger partial charge in [0.15, 0.2) is 0 Å². The quantitative estimate of drug-likeness (QED) is 0.649. The lowest BCUT2D eigenvalue weighted by Crippen LogP contribution is -1.90. The Morgan fingerprint density at radius 1 is 1.50 bits per heavy atom. The minimum absolute atomic E-state index is 1.000. The SMILES string of the molecule is CCc1ncccc1C=C(C)C. The summed E-state index contributed by atoms with van der Waals surface area (Å²) in [4.78, 5) is 4.31. The van der Waals surface area contributed by atoms with Crippen LogP contribution in [-0.2, 0) is 6.42 Å². The highest BCUT2D eigenvalue weighted by Crippen LogP contribution is 2.10. The third-order valence-corrected chi connectivity index (χ3v) is 1.70. The molecule has 1 aromatic heterocycles. The molecule has 0 aliphatic heterocycles. The lowest BCUT2D eigenvalue weighted by atomic mass is 10.1. The second-order valence-corrected chi connectivity index (χ2v) is 3.11. The first-order valence-electron chi connectivity index (χ1n) is 4.33. The van der Waals surface area contributed by atoms with Crippen LogP contribution in [0.5, 0.6) is 0 Å². The Hall–Kier alpha value is -1.11. The van der Waals surface area contributed by atoms with Crippen molar-refractivity contribution in [2.24, 2.45) is 0 Å². The fourth-order valence-corrected chi connectivity index (χ4v) is 1.19. The zero-order chi connectivity index (χ0) is 8.97. The van der Waals surface area contributed by atoms with Crippen LogP contribution in [0.25, 0.3) is 6.08 Å². The molecule has 0 saturated heterocycles. The average molecular weight is 161 g/mol. The predicted octanol–water partition coefficient (Wildman–Crippen LogP) is 3.07. The normalized spacial score (nSPS) is 9.58. The summed E-state index contributed by atoms with van der Waals surface area (Å²) in [7, 11) is 0. The van der Waals surface area contributed by atoms with Gasteiger partial charge in [0.1, 0.15) is 0 Å². The van der Waals surface area contributed by atoms with E-state index >= 15 is 0 Å². The van der Waals surface area contributed by atoms with Crippen molar-refractivity contribution in [1.29, 1.82) is 0 Å². The predicted molar refractivity (Wildman–Crippen MR) is 52.9 cm³/mol. The standard InChI is InChI=1S/C11H15N/c1-4-11-10(8-9(2)3)6-5-7-12-11/h5-8H,4H2,1-3H3. The van der Waals surface area contributed by atoms with E-state index in [-0.39, 0.29) is 0 Å². The first kappa shape index (κ1) is 8.98. The molecule has 0 N–H and O–H groups in total. The number of hydrogen-bond acceptors (Lipinski definition) is 1. The second kappa shape index (κ2) is 4.05. The molecule has 12 heavy (non-hydrogen) atoms. The maximum atomic E-state index is 4.31. The van der Waals surface area contributed by atoms with E-state index in [0.717, 1.165) is 6.42 Å². The summed E-state index contributed by atoms with van der Waals surface area (Å²) in [6.45, 7) is 6.34. The van der Waals surface area contributed by atoms with Crippen LogP contribution >= 0.6 is 0 Å². The Bertz CT molecular complexity index is 283. The van der Waals surface area contributed by atoms with Crippen LogP contribution in [0.2, 0.25) is 0 Å². The van der Waals surface area contributed by atoms with E-state index < -0.39 is 0 Å². The average Bonchev–Trinajstić information content (AvgIpc) is 2.04. The Morgan fingerprint density at radius 3 is 2.83 bits per heavy atom. The smallest absolute Gasteiger partial charge is 0.0473 e. The van der Waals surface area contributed by atoms with E-state index in [1.807, 2.05) is 12.3 Å². The van der Waals surface area contributed by atoms with Gasteiger partial charge >= 0.3 is 0 Å². The van der Waals surface area contributed by atoms with Crippen LogP contribution in [0.15, 0.2) is 23.9 Å². The molecule has 0 fully saturated rings. The van der Waals surface area contributed by atoms with Crippen molar-refractivity contribution in [2.45, 2.75) is 27.2 Å². The van der Waals surface area contributed by atoms with Crippen molar-refractivity contribution in [1.82, 2.24) is 4.98 Å². The molecule has 0 saturated carbocycles. The largest absolute Gasteiger partial charge is 0.261 e. The van der Waals surface area contributed by atoms with Crippen molar-refractivity contribution in [2.75, 3.05) is 0 Å². The van der Waals surface area contributed by atoms with E-state index in [4.69, 9.17) is 0 Å². The third-order valence-electron chi connectivity index (χ3n) is 1.70. The second-order valence-electron chi connectivity index (χ2n) is 3.11. The van der Waals surface area contributed by atoms with Gasteiger partial charge in [-0.3, -0.25) is 4.98 Å². The Kier molecular flexibility index (Phi) is 3.03. The first-order valence-corrected chi connectivity index (χ1v) is 4.33. The van der Waals surface area contributed by atoms with Gasteiger partial charge in [-0.1, -0.05) is 24.6 Å². The Morgan fingerprint density at radius 2 is 2.25 bits per heavy atom. The van der Waals surface area contributed by atoms with Gasteiger partial charge < -0.3 is 0 Å². The van der Waals surface area contributed by atoms with Crippen LogP contribution in [0.4, 0.5) is 0 Å². The van der Waals surface area contributed by atoms with Gasteiger partial charge in [-0.2, -0.15) is 0 Å². The van der Waals surface area contributed by atoms with Gasteiger partial charge in [0.05, 0.1) is 0 Å². The van der Waals surface area contributed by atoms with Crippen molar-refractivity contribution in [3.05, 3.63) is 35.2 Å². The van der Waals surface area contributed by atoms with Crippen molar-refractivity contribution >= 4 is 6.08 Å². The minimum atomic E-state index is 1.000. The Labute approximate surface area is 74.2 Å². The molecular formula is C11H15N. The molecular weight excluding hydrogens is 146 g/mol. The Balaban J connectivity index is 3.05. The van der Waals surface area contributed by atoms with Crippen LogP contribution in [0, 0.1) is 0 Å². The summed E-state index contributed by atoms with van der Waals surface area (Å²) in [5.41, 5.74) is 3.75. The van der Waals surface area contributed by atoms with E-state index in [0.29, 0.717) is 0 Å². The number of allylic oxidation sites excluding steroid dienone is 1. The van der Waals surface area contributed by atoms with Gasteiger partial charge in [-0.15, -0.1) is 0 Å². The lowest BCUT2D eigenvalue weighted by molar-refractivity contribution is 1.03. The molecule has 0 aliphatic carbocycles. The van der Waals surface area contributed by atoms with Crippen molar-refractivity contribution < 1.29 is 0 Å². The van der Waals surface area contributed by atoms with Crippen LogP contribution in [0.1, 0.15) is 32.0 Å². The zero-order valence-corrected chi connectivity index (χ0v) is 7.96. The summed E-state index contributed by atoms with van der Waals surface area (Å²) in [6, 6.07) is 4.09. The first-order chi connectivity index (χ1) is 5.74. The molecule has 0 aromatic carbocycles. The number of rotatable bonds is 2. The molecule has 0 aliphatic rings. The number of aryl methyl sites for hydroxylation is 1. The molecule has 1 heterocycles. The van der Waals surface area contributed by atoms with E-state index in [1.165, 1.54) is 16.8 Å². The van der Waals surface area contributed by atoms with Crippen LogP contribution < -0.4 is 0 Å². The summed E-state index contributed by atoms with van der Waals surface area (Å²) in [5.74, 6) is 0. The lowest BCUT2D eigenvalue weighted by Gasteiger charge is -2.01. The zero-order valence-electron chi connectivity index (χ0n) is 7.96. The van der Waals surface area contributed by atoms with Gasteiger partial charge in [-0.05, 0) is 31.9 Å². The van der Waals surface area contributed by atoms with Gasteiger partial charge in [0.25, 0.3) is 0 Å². The molecule has 1 heteroatoms. The van der Waals surface area contributed by atoms with Crippen molar-refractivity contribution in [3.8, 4) is 0 Å². The van der Waals surface area contributed by atoms with E-state index in [1.54, 1.807) is 0 Å². The maximum absolute atomic E-state index is 4.31. The fraction of sp³-hybridized carbons (Fsp3) is 0.364. The number of aromatic nitrogens is 1. The fourth-order valence-electron chi connectivity index (χ4n) is 1.19. The molecule has 1 aromatic rings. The molecule has 0 spiro atoms. The number of nitrogens with zero attached hydrogens (tertiary/aromatic N) is 1. The molecule has 0 unspecified atom stereocenters. The maximum Gasteiger partial charge on any atom is 0.0473 e. The highest BCUT2D eigenvalue weighted by molar-refractivity contribution is 5.53. The summed E-state index contributed by atoms with van der Waals surface area (Å²) in [6.07, 6.45) is 5.02. The van der Waals surface area contributed by atoms with Crippen LogP contribution in [0.3, 0.4) is 0 Å². The molecule has 1 nitrogen and oxygen atoms in total.